The Balaban J connectivity index is 3.42. The highest BCUT2D eigenvalue weighted by atomic mass is 16.5. The van der Waals surface area contributed by atoms with Crippen molar-refractivity contribution in [2.75, 3.05) is 14.2 Å². The Labute approximate surface area is 84.3 Å². The highest BCUT2D eigenvalue weighted by molar-refractivity contribution is 5.53. The molecule has 0 aliphatic heterocycles. The van der Waals surface area contributed by atoms with Gasteiger partial charge in [0.1, 0.15) is 0 Å². The molecule has 0 fully saturated rings. The van der Waals surface area contributed by atoms with Gasteiger partial charge in [-0.3, -0.25) is 0 Å². The fourth-order valence-electron chi connectivity index (χ4n) is 1.49. The average molecular weight is 196 g/mol. The van der Waals surface area contributed by atoms with E-state index in [1.165, 1.54) is 0 Å². The van der Waals surface area contributed by atoms with Crippen LogP contribution in [0.25, 0.3) is 0 Å². The average Bonchev–Trinajstić information content (AvgIpc) is 2.20. The summed E-state index contributed by atoms with van der Waals surface area (Å²) >= 11 is 0. The lowest BCUT2D eigenvalue weighted by atomic mass is 10.0. The molecule has 1 rings (SSSR count). The molecule has 0 saturated carbocycles. The number of aliphatic hydroxyl groups is 1. The maximum absolute atomic E-state index is 9.24. The molecule has 1 N–H and O–H groups in total. The molecule has 0 radical (unpaired) electrons. The molecule has 0 aliphatic rings. The third kappa shape index (κ3) is 1.68. The van der Waals surface area contributed by atoms with Gasteiger partial charge in [0.25, 0.3) is 0 Å². The van der Waals surface area contributed by atoms with Crippen LogP contribution in [0.4, 0.5) is 0 Å². The van der Waals surface area contributed by atoms with Gasteiger partial charge in [0, 0.05) is 5.56 Å². The Bertz CT molecular complexity index is 332. The zero-order chi connectivity index (χ0) is 10.7. The van der Waals surface area contributed by atoms with E-state index in [4.69, 9.17) is 9.47 Å². The maximum atomic E-state index is 9.24. The van der Waals surface area contributed by atoms with Gasteiger partial charge in [0.05, 0.1) is 20.8 Å². The van der Waals surface area contributed by atoms with Crippen LogP contribution in [0.3, 0.4) is 0 Å². The van der Waals surface area contributed by atoms with Gasteiger partial charge in [0.2, 0.25) is 0 Å². The lowest BCUT2D eigenvalue weighted by Gasteiger charge is -2.15. The Morgan fingerprint density at radius 1 is 1.21 bits per heavy atom. The lowest BCUT2D eigenvalue weighted by molar-refractivity contribution is 0.268. The van der Waals surface area contributed by atoms with Gasteiger partial charge in [-0.2, -0.15) is 0 Å². The van der Waals surface area contributed by atoms with Gasteiger partial charge in [-0.25, -0.2) is 0 Å². The molecule has 0 heterocycles. The largest absolute Gasteiger partial charge is 0.493 e. The van der Waals surface area contributed by atoms with Crippen molar-refractivity contribution in [3.05, 3.63) is 22.8 Å². The monoisotopic (exact) mass is 196 g/mol. The SMILES string of the molecule is COc1cc(C)c(C)c(CO)c1OC. The number of aryl methyl sites for hydroxylation is 1. The molecular weight excluding hydrogens is 180 g/mol. The Morgan fingerprint density at radius 3 is 2.29 bits per heavy atom. The first-order valence-corrected chi connectivity index (χ1v) is 4.47. The Kier molecular flexibility index (Phi) is 3.36. The minimum Gasteiger partial charge on any atom is -0.493 e. The van der Waals surface area contributed by atoms with E-state index in [-0.39, 0.29) is 6.61 Å². The molecule has 14 heavy (non-hydrogen) atoms. The first-order chi connectivity index (χ1) is 6.65. The molecule has 0 unspecified atom stereocenters. The number of aliphatic hydroxyl groups excluding tert-OH is 1. The Hall–Kier alpha value is -1.22. The first kappa shape index (κ1) is 10.9. The van der Waals surface area contributed by atoms with Crippen LogP contribution in [0.5, 0.6) is 11.5 Å². The quantitative estimate of drug-likeness (QED) is 0.801. The van der Waals surface area contributed by atoms with E-state index < -0.39 is 0 Å². The van der Waals surface area contributed by atoms with Crippen LogP contribution >= 0.6 is 0 Å². The molecule has 0 bridgehead atoms. The van der Waals surface area contributed by atoms with Crippen LogP contribution in [-0.4, -0.2) is 19.3 Å². The molecule has 0 aliphatic carbocycles. The van der Waals surface area contributed by atoms with Gasteiger partial charge in [0.15, 0.2) is 11.5 Å². The van der Waals surface area contributed by atoms with Crippen molar-refractivity contribution in [2.24, 2.45) is 0 Å². The molecule has 0 spiro atoms. The van der Waals surface area contributed by atoms with E-state index >= 15 is 0 Å². The zero-order valence-corrected chi connectivity index (χ0v) is 9.05. The Morgan fingerprint density at radius 2 is 1.86 bits per heavy atom. The summed E-state index contributed by atoms with van der Waals surface area (Å²) in [6.07, 6.45) is 0. The number of ether oxygens (including phenoxy) is 2. The molecule has 0 aromatic heterocycles. The third-order valence-electron chi connectivity index (χ3n) is 2.47. The first-order valence-electron chi connectivity index (χ1n) is 4.47. The molecule has 0 atom stereocenters. The second-order valence-corrected chi connectivity index (χ2v) is 3.19. The number of hydrogen-bond donors (Lipinski definition) is 1. The van der Waals surface area contributed by atoms with Gasteiger partial charge >= 0.3 is 0 Å². The van der Waals surface area contributed by atoms with E-state index in [2.05, 4.69) is 0 Å². The number of rotatable bonds is 3. The van der Waals surface area contributed by atoms with Crippen LogP contribution < -0.4 is 9.47 Å². The van der Waals surface area contributed by atoms with E-state index in [1.807, 2.05) is 19.9 Å². The summed E-state index contributed by atoms with van der Waals surface area (Å²) < 4.78 is 10.4. The molecule has 3 heteroatoms. The van der Waals surface area contributed by atoms with Gasteiger partial charge in [-0.1, -0.05) is 0 Å². The summed E-state index contributed by atoms with van der Waals surface area (Å²) in [4.78, 5) is 0. The van der Waals surface area contributed by atoms with Crippen molar-refractivity contribution in [1.82, 2.24) is 0 Å². The van der Waals surface area contributed by atoms with E-state index in [1.54, 1.807) is 14.2 Å². The summed E-state index contributed by atoms with van der Waals surface area (Å²) in [5.74, 6) is 1.29. The van der Waals surface area contributed by atoms with Crippen LogP contribution in [0.1, 0.15) is 16.7 Å². The molecule has 1 aromatic rings. The van der Waals surface area contributed by atoms with E-state index in [0.717, 1.165) is 16.7 Å². The van der Waals surface area contributed by atoms with Crippen molar-refractivity contribution in [2.45, 2.75) is 20.5 Å². The fourth-order valence-corrected chi connectivity index (χ4v) is 1.49. The predicted molar refractivity (Wildman–Crippen MR) is 54.9 cm³/mol. The summed E-state index contributed by atoms with van der Waals surface area (Å²) in [6.45, 7) is 3.91. The van der Waals surface area contributed by atoms with Crippen LogP contribution in [0.15, 0.2) is 6.07 Å². The molecule has 0 amide bonds. The number of methoxy groups -OCH3 is 2. The molecule has 3 nitrogen and oxygen atoms in total. The van der Waals surface area contributed by atoms with Crippen molar-refractivity contribution in [1.29, 1.82) is 0 Å². The minimum absolute atomic E-state index is 0.0347. The minimum atomic E-state index is -0.0347. The highest BCUT2D eigenvalue weighted by Gasteiger charge is 2.13. The number of hydrogen-bond acceptors (Lipinski definition) is 3. The molecule has 1 aromatic carbocycles. The lowest BCUT2D eigenvalue weighted by Crippen LogP contribution is -2.00. The van der Waals surface area contributed by atoms with Gasteiger partial charge in [-0.05, 0) is 31.0 Å². The van der Waals surface area contributed by atoms with Gasteiger partial charge < -0.3 is 14.6 Å². The number of benzene rings is 1. The summed E-state index contributed by atoms with van der Waals surface area (Å²) in [5.41, 5.74) is 2.93. The van der Waals surface area contributed by atoms with E-state index in [9.17, 15) is 5.11 Å². The fraction of sp³-hybridized carbons (Fsp3) is 0.455. The predicted octanol–water partition coefficient (Wildman–Crippen LogP) is 1.81. The van der Waals surface area contributed by atoms with Gasteiger partial charge in [-0.15, -0.1) is 0 Å². The molecular formula is C11H16O3. The molecule has 78 valence electrons. The summed E-state index contributed by atoms with van der Waals surface area (Å²) in [7, 11) is 3.17. The normalized spacial score (nSPS) is 10.1. The van der Waals surface area contributed by atoms with Crippen molar-refractivity contribution in [3.63, 3.8) is 0 Å². The van der Waals surface area contributed by atoms with Crippen molar-refractivity contribution in [3.8, 4) is 11.5 Å². The van der Waals surface area contributed by atoms with Crippen molar-refractivity contribution >= 4 is 0 Å². The van der Waals surface area contributed by atoms with Crippen molar-refractivity contribution < 1.29 is 14.6 Å². The van der Waals surface area contributed by atoms with Crippen LogP contribution in [0.2, 0.25) is 0 Å². The van der Waals surface area contributed by atoms with Crippen LogP contribution in [0, 0.1) is 13.8 Å². The second-order valence-electron chi connectivity index (χ2n) is 3.19. The van der Waals surface area contributed by atoms with Crippen LogP contribution in [-0.2, 0) is 6.61 Å². The topological polar surface area (TPSA) is 38.7 Å². The second kappa shape index (κ2) is 4.33. The molecule has 0 saturated heterocycles. The third-order valence-corrected chi connectivity index (χ3v) is 2.47. The summed E-state index contributed by atoms with van der Waals surface area (Å²) in [5, 5.41) is 9.24. The standard InChI is InChI=1S/C11H16O3/c1-7-5-10(13-3)11(14-4)9(6-12)8(7)2/h5,12H,6H2,1-4H3. The highest BCUT2D eigenvalue weighted by Crippen LogP contribution is 2.35. The van der Waals surface area contributed by atoms with E-state index in [0.29, 0.717) is 11.5 Å². The zero-order valence-electron chi connectivity index (χ0n) is 9.05. The summed E-state index contributed by atoms with van der Waals surface area (Å²) in [6, 6.07) is 1.91. The smallest absolute Gasteiger partial charge is 0.166 e. The maximum Gasteiger partial charge on any atom is 0.166 e.